The number of anilines is 3. The summed E-state index contributed by atoms with van der Waals surface area (Å²) in [6.45, 7) is 6.72. The van der Waals surface area contributed by atoms with Crippen molar-refractivity contribution >= 4 is 52.4 Å². The quantitative estimate of drug-likeness (QED) is 0.147. The Labute approximate surface area is 379 Å². The van der Waals surface area contributed by atoms with Gasteiger partial charge in [0, 0.05) is 70.3 Å². The van der Waals surface area contributed by atoms with E-state index in [0.717, 1.165) is 82.1 Å². The van der Waals surface area contributed by atoms with Crippen LogP contribution in [0.15, 0.2) is 42.9 Å². The molecule has 10 rings (SSSR count). The van der Waals surface area contributed by atoms with Gasteiger partial charge in [-0.25, -0.2) is 18.3 Å². The Morgan fingerprint density at radius 2 is 1.86 bits per heavy atom. The maximum Gasteiger partial charge on any atom is 0.284 e. The lowest BCUT2D eigenvalue weighted by Crippen LogP contribution is -2.54. The third-order valence-corrected chi connectivity index (χ3v) is 14.0. The highest BCUT2D eigenvalue weighted by Crippen LogP contribution is 2.37. The molecule has 21 heteroatoms. The average molecular weight is 913 g/mol. The number of morpholine rings is 2. The number of amides is 5. The number of likely N-dealkylation sites (N-methyl/N-ethyl adjacent to an activating group) is 1. The molecule has 1 aromatic carbocycles. The number of benzene rings is 1. The first-order chi connectivity index (χ1) is 32.0. The number of imide groups is 2. The van der Waals surface area contributed by atoms with E-state index in [4.69, 9.17) is 14.5 Å². The van der Waals surface area contributed by atoms with Crippen molar-refractivity contribution in [2.75, 3.05) is 81.6 Å². The smallest absolute Gasteiger partial charge is 0.284 e. The molecule has 4 aromatic rings. The van der Waals surface area contributed by atoms with Crippen molar-refractivity contribution < 1.29 is 42.2 Å². The lowest BCUT2D eigenvalue weighted by molar-refractivity contribution is -0.136. The summed E-state index contributed by atoms with van der Waals surface area (Å²) in [6.07, 6.45) is 7.16. The molecule has 0 spiro atoms. The van der Waals surface area contributed by atoms with Gasteiger partial charge in [-0.1, -0.05) is 6.07 Å². The van der Waals surface area contributed by atoms with Crippen LogP contribution in [0.25, 0.3) is 5.65 Å². The summed E-state index contributed by atoms with van der Waals surface area (Å²) < 4.78 is 43.6. The highest BCUT2D eigenvalue weighted by atomic mass is 19.3. The summed E-state index contributed by atoms with van der Waals surface area (Å²) >= 11 is 0. The SMILES string of the molecule is CN(CCN1CCO[C@H](CCNc2cccc3c2C(=O)N(C2CCC(=O)NC2=O)C3=O)C1)C[C@H]1CC[C@H](n2cc(NC(=O)c3cnn4ccc(N5C[C@H]6C[C@@H]5CO6)nc34)c(C(F)F)n2)CC1. The van der Waals surface area contributed by atoms with Crippen molar-refractivity contribution in [2.45, 2.75) is 88.1 Å². The molecule has 8 heterocycles. The summed E-state index contributed by atoms with van der Waals surface area (Å²) in [7, 11) is 2.13. The number of nitrogens with zero attached hydrogens (tertiary/aromatic N) is 9. The van der Waals surface area contributed by atoms with E-state index in [9.17, 15) is 32.8 Å². The second-order valence-electron chi connectivity index (χ2n) is 18.4. The Balaban J connectivity index is 0.672. The van der Waals surface area contributed by atoms with Gasteiger partial charge in [0.2, 0.25) is 11.8 Å². The first-order valence-corrected chi connectivity index (χ1v) is 23.0. The first kappa shape index (κ1) is 44.0. The number of hydrogen-bond acceptors (Lipinski definition) is 14. The van der Waals surface area contributed by atoms with Gasteiger partial charge in [-0.05, 0) is 76.1 Å². The van der Waals surface area contributed by atoms with E-state index >= 15 is 0 Å². The van der Waals surface area contributed by atoms with Crippen LogP contribution in [0.1, 0.15) is 101 Å². The number of piperidine rings is 1. The molecule has 1 aliphatic carbocycles. The van der Waals surface area contributed by atoms with E-state index in [0.29, 0.717) is 43.4 Å². The zero-order chi connectivity index (χ0) is 45.6. The lowest BCUT2D eigenvalue weighted by Gasteiger charge is -2.35. The molecular formula is C45H54F2N12O7. The van der Waals surface area contributed by atoms with Crippen LogP contribution in [-0.4, -0.2) is 159 Å². The Hall–Kier alpha value is -5.90. The molecule has 66 heavy (non-hydrogen) atoms. The minimum Gasteiger partial charge on any atom is -0.384 e. The molecule has 3 aromatic heterocycles. The normalized spacial score (nSPS) is 25.7. The fraction of sp³-hybridized carbons (Fsp3) is 0.556. The van der Waals surface area contributed by atoms with Gasteiger partial charge in [-0.2, -0.15) is 10.2 Å². The molecule has 0 radical (unpaired) electrons. The van der Waals surface area contributed by atoms with Crippen LogP contribution in [0.3, 0.4) is 0 Å². The first-order valence-electron chi connectivity index (χ1n) is 23.0. The van der Waals surface area contributed by atoms with Crippen molar-refractivity contribution in [3.63, 3.8) is 0 Å². The lowest BCUT2D eigenvalue weighted by atomic mass is 9.86. The molecule has 5 amide bonds. The number of carbonyl (C=O) groups excluding carboxylic acids is 5. The molecular weight excluding hydrogens is 859 g/mol. The number of halogens is 2. The van der Waals surface area contributed by atoms with Gasteiger partial charge in [-0.15, -0.1) is 0 Å². The van der Waals surface area contributed by atoms with E-state index < -0.39 is 47.7 Å². The maximum atomic E-state index is 14.3. The molecule has 1 saturated carbocycles. The summed E-state index contributed by atoms with van der Waals surface area (Å²) in [5.41, 5.74) is 1.05. The predicted molar refractivity (Wildman–Crippen MR) is 235 cm³/mol. The summed E-state index contributed by atoms with van der Waals surface area (Å²) in [5, 5.41) is 16.8. The van der Waals surface area contributed by atoms with Crippen molar-refractivity contribution in [1.82, 2.24) is 44.4 Å². The third-order valence-electron chi connectivity index (χ3n) is 14.0. The second-order valence-corrected chi connectivity index (χ2v) is 18.4. The van der Waals surface area contributed by atoms with Gasteiger partial charge in [0.1, 0.15) is 17.4 Å². The molecule has 5 aliphatic heterocycles. The van der Waals surface area contributed by atoms with Crippen molar-refractivity contribution in [3.8, 4) is 0 Å². The predicted octanol–water partition coefficient (Wildman–Crippen LogP) is 3.36. The number of carbonyl (C=O) groups is 5. The zero-order valence-electron chi connectivity index (χ0n) is 36.7. The third kappa shape index (κ3) is 8.75. The van der Waals surface area contributed by atoms with Crippen molar-refractivity contribution in [1.29, 1.82) is 0 Å². The van der Waals surface area contributed by atoms with Crippen LogP contribution in [0.2, 0.25) is 0 Å². The van der Waals surface area contributed by atoms with E-state index in [1.54, 1.807) is 29.1 Å². The van der Waals surface area contributed by atoms with Crippen molar-refractivity contribution in [3.05, 3.63) is 65.2 Å². The largest absolute Gasteiger partial charge is 0.384 e. The summed E-state index contributed by atoms with van der Waals surface area (Å²) in [6, 6.07) is 6.05. The van der Waals surface area contributed by atoms with Crippen LogP contribution < -0.4 is 20.9 Å². The summed E-state index contributed by atoms with van der Waals surface area (Å²) in [5.74, 6) is -1.54. The number of alkyl halides is 2. The second kappa shape index (κ2) is 18.4. The minimum absolute atomic E-state index is 0.0170. The monoisotopic (exact) mass is 912 g/mol. The van der Waals surface area contributed by atoms with Crippen LogP contribution in [0.5, 0.6) is 0 Å². The van der Waals surface area contributed by atoms with Gasteiger partial charge in [0.05, 0.1) is 60.5 Å². The van der Waals surface area contributed by atoms with Crippen LogP contribution in [-0.2, 0) is 19.1 Å². The van der Waals surface area contributed by atoms with E-state index in [1.807, 2.05) is 6.07 Å². The highest BCUT2D eigenvalue weighted by molar-refractivity contribution is 6.25. The standard InChI is InChI=1S/C45H54F2N12O7/c1-54(15-16-55-17-18-65-29(22-55)11-13-48-33-4-2-3-31-38(33)45(64)59(44(31)63)35-9-10-37(60)52-43(35)62)21-26-5-7-27(8-6-26)58-24-34(39(53-58)40(46)47)50-42(61)32-20-49-57-14-12-36(51-41(32)57)56-23-30-19-28(56)25-66-30/h2-4,12,14,20,24,26-30,35,40,48H,5-11,13,15-19,21-23,25H2,1H3,(H,50,61)(H,52,60,62)/t26-,27-,28-,29-,30-,35?/m1/s1. The number of nitrogens with one attached hydrogen (secondary N) is 3. The van der Waals surface area contributed by atoms with Gasteiger partial charge in [0.15, 0.2) is 11.3 Å². The Kier molecular flexibility index (Phi) is 12.3. The van der Waals surface area contributed by atoms with Crippen LogP contribution in [0, 0.1) is 5.92 Å². The number of fused-ring (bicyclic) bond motifs is 4. The number of hydrogen-bond donors (Lipinski definition) is 3. The molecule has 2 bridgehead atoms. The topological polar surface area (TPSA) is 201 Å². The van der Waals surface area contributed by atoms with Gasteiger partial charge in [-0.3, -0.25) is 43.8 Å². The molecule has 1 unspecified atom stereocenters. The fourth-order valence-electron chi connectivity index (χ4n) is 10.5. The zero-order valence-corrected chi connectivity index (χ0v) is 36.7. The Bertz CT molecular complexity index is 2530. The van der Waals surface area contributed by atoms with Crippen molar-refractivity contribution in [2.24, 2.45) is 5.92 Å². The molecule has 5 fully saturated rings. The highest BCUT2D eigenvalue weighted by Gasteiger charge is 2.46. The maximum absolute atomic E-state index is 14.3. The Morgan fingerprint density at radius 1 is 1.02 bits per heavy atom. The molecule has 4 saturated heterocycles. The molecule has 4 atom stereocenters. The molecule has 6 aliphatic rings. The molecule has 3 N–H and O–H groups in total. The van der Waals surface area contributed by atoms with E-state index in [2.05, 4.69) is 47.9 Å². The summed E-state index contributed by atoms with van der Waals surface area (Å²) in [4.78, 5) is 77.1. The number of rotatable bonds is 15. The van der Waals surface area contributed by atoms with Crippen LogP contribution in [0.4, 0.5) is 26.0 Å². The van der Waals surface area contributed by atoms with Gasteiger partial charge < -0.3 is 29.9 Å². The fourth-order valence-corrected chi connectivity index (χ4v) is 10.5. The Morgan fingerprint density at radius 3 is 2.64 bits per heavy atom. The van der Waals surface area contributed by atoms with E-state index in [-0.39, 0.29) is 59.5 Å². The average Bonchev–Trinajstić information content (AvgIpc) is 4.16. The number of ether oxygens (including phenoxy) is 2. The van der Waals surface area contributed by atoms with Gasteiger partial charge >= 0.3 is 0 Å². The number of aromatic nitrogens is 5. The molecule has 350 valence electrons. The minimum atomic E-state index is -2.87. The molecule has 19 nitrogen and oxygen atoms in total. The van der Waals surface area contributed by atoms with Crippen LogP contribution >= 0.6 is 0 Å². The van der Waals surface area contributed by atoms with Gasteiger partial charge in [0.25, 0.3) is 24.1 Å². The van der Waals surface area contributed by atoms with E-state index in [1.165, 1.54) is 16.9 Å².